The SMILES string of the molecule is CC(C)c1ccc(-c2csc3ncnc(Nc4ccc(F)c(Cl)c4)c23)cc1. The summed E-state index contributed by atoms with van der Waals surface area (Å²) >= 11 is 7.47. The van der Waals surface area contributed by atoms with Crippen LogP contribution in [0.3, 0.4) is 0 Å². The summed E-state index contributed by atoms with van der Waals surface area (Å²) in [6.07, 6.45) is 1.53. The average Bonchev–Trinajstić information content (AvgIpc) is 3.10. The minimum absolute atomic E-state index is 0.0696. The molecule has 27 heavy (non-hydrogen) atoms. The molecule has 0 saturated heterocycles. The highest BCUT2D eigenvalue weighted by Crippen LogP contribution is 2.38. The molecule has 0 atom stereocenters. The lowest BCUT2D eigenvalue weighted by atomic mass is 9.99. The third kappa shape index (κ3) is 3.53. The molecule has 136 valence electrons. The second-order valence-electron chi connectivity index (χ2n) is 6.58. The number of benzene rings is 2. The Labute approximate surface area is 165 Å². The van der Waals surface area contributed by atoms with Crippen LogP contribution >= 0.6 is 22.9 Å². The molecule has 0 spiro atoms. The van der Waals surface area contributed by atoms with E-state index in [1.54, 1.807) is 23.5 Å². The van der Waals surface area contributed by atoms with Gasteiger partial charge in [0.1, 0.15) is 22.8 Å². The first-order chi connectivity index (χ1) is 13.0. The van der Waals surface area contributed by atoms with E-state index in [1.807, 2.05) is 0 Å². The Morgan fingerprint density at radius 1 is 1.07 bits per heavy atom. The van der Waals surface area contributed by atoms with Crippen LogP contribution in [0.1, 0.15) is 25.3 Å². The van der Waals surface area contributed by atoms with E-state index in [1.165, 1.54) is 18.0 Å². The summed E-state index contributed by atoms with van der Waals surface area (Å²) in [7, 11) is 0. The van der Waals surface area contributed by atoms with Gasteiger partial charge in [-0.3, -0.25) is 0 Å². The summed E-state index contributed by atoms with van der Waals surface area (Å²) in [5, 5.41) is 6.35. The van der Waals surface area contributed by atoms with E-state index >= 15 is 0 Å². The summed E-state index contributed by atoms with van der Waals surface area (Å²) < 4.78 is 13.4. The Hall–Kier alpha value is -2.50. The zero-order valence-corrected chi connectivity index (χ0v) is 16.4. The summed E-state index contributed by atoms with van der Waals surface area (Å²) in [5.41, 5.74) is 4.16. The van der Waals surface area contributed by atoms with Crippen LogP contribution in [0.25, 0.3) is 21.3 Å². The fourth-order valence-electron chi connectivity index (χ4n) is 2.94. The Morgan fingerprint density at radius 3 is 2.56 bits per heavy atom. The first kappa shape index (κ1) is 17.9. The van der Waals surface area contributed by atoms with Gasteiger partial charge in [-0.05, 0) is 35.2 Å². The van der Waals surface area contributed by atoms with Crippen LogP contribution < -0.4 is 5.32 Å². The predicted octanol–water partition coefficient (Wildman–Crippen LogP) is 7.02. The second kappa shape index (κ2) is 7.25. The smallest absolute Gasteiger partial charge is 0.143 e. The van der Waals surface area contributed by atoms with E-state index in [-0.39, 0.29) is 5.02 Å². The van der Waals surface area contributed by atoms with E-state index in [0.29, 0.717) is 17.4 Å². The fourth-order valence-corrected chi connectivity index (χ4v) is 4.04. The molecule has 0 unspecified atom stereocenters. The standard InChI is InChI=1S/C21H17ClFN3S/c1-12(2)13-3-5-14(6-4-13)16-10-27-21-19(16)20(24-11-25-21)26-15-7-8-18(23)17(22)9-15/h3-12H,1-2H3,(H,24,25,26). The Balaban J connectivity index is 1.78. The fraction of sp³-hybridized carbons (Fsp3) is 0.143. The van der Waals surface area contributed by atoms with Gasteiger partial charge in [0.25, 0.3) is 0 Å². The molecule has 0 amide bonds. The number of nitrogens with one attached hydrogen (secondary N) is 1. The summed E-state index contributed by atoms with van der Waals surface area (Å²) in [5.74, 6) is 0.713. The number of hydrogen-bond acceptors (Lipinski definition) is 4. The molecule has 0 aliphatic heterocycles. The van der Waals surface area contributed by atoms with Crippen LogP contribution in [0, 0.1) is 5.82 Å². The van der Waals surface area contributed by atoms with Gasteiger partial charge >= 0.3 is 0 Å². The third-order valence-electron chi connectivity index (χ3n) is 4.44. The number of aromatic nitrogens is 2. The molecule has 2 aromatic heterocycles. The molecule has 6 heteroatoms. The largest absolute Gasteiger partial charge is 0.340 e. The lowest BCUT2D eigenvalue weighted by Crippen LogP contribution is -1.96. The maximum Gasteiger partial charge on any atom is 0.143 e. The molecule has 4 aromatic rings. The van der Waals surface area contributed by atoms with Crippen LogP contribution in [0.4, 0.5) is 15.9 Å². The molecule has 0 aliphatic rings. The first-order valence-corrected chi connectivity index (χ1v) is 9.83. The Morgan fingerprint density at radius 2 is 1.85 bits per heavy atom. The Bertz CT molecular complexity index is 1110. The third-order valence-corrected chi connectivity index (χ3v) is 5.62. The zero-order valence-electron chi connectivity index (χ0n) is 14.8. The molecule has 2 heterocycles. The van der Waals surface area contributed by atoms with E-state index in [9.17, 15) is 4.39 Å². The van der Waals surface area contributed by atoms with Crippen LogP contribution in [-0.4, -0.2) is 9.97 Å². The first-order valence-electron chi connectivity index (χ1n) is 8.57. The van der Waals surface area contributed by atoms with Crippen molar-refractivity contribution in [2.24, 2.45) is 0 Å². The quantitative estimate of drug-likeness (QED) is 0.402. The van der Waals surface area contributed by atoms with Crippen molar-refractivity contribution < 1.29 is 4.39 Å². The number of rotatable bonds is 4. The van der Waals surface area contributed by atoms with Gasteiger partial charge in [-0.15, -0.1) is 11.3 Å². The lowest BCUT2D eigenvalue weighted by Gasteiger charge is -2.10. The van der Waals surface area contributed by atoms with Crippen molar-refractivity contribution >= 4 is 44.7 Å². The number of thiophene rings is 1. The number of hydrogen-bond donors (Lipinski definition) is 1. The molecule has 1 N–H and O–H groups in total. The van der Waals surface area contributed by atoms with Gasteiger partial charge in [0.2, 0.25) is 0 Å². The molecule has 0 fully saturated rings. The van der Waals surface area contributed by atoms with Crippen molar-refractivity contribution in [3.05, 3.63) is 70.6 Å². The Kier molecular flexibility index (Phi) is 4.81. The topological polar surface area (TPSA) is 37.8 Å². The second-order valence-corrected chi connectivity index (χ2v) is 7.85. The van der Waals surface area contributed by atoms with Crippen molar-refractivity contribution in [1.82, 2.24) is 9.97 Å². The minimum Gasteiger partial charge on any atom is -0.340 e. The van der Waals surface area contributed by atoms with Crippen LogP contribution in [-0.2, 0) is 0 Å². The molecule has 0 saturated carbocycles. The van der Waals surface area contributed by atoms with E-state index in [0.717, 1.165) is 21.3 Å². The van der Waals surface area contributed by atoms with Crippen LogP contribution in [0.5, 0.6) is 0 Å². The van der Waals surface area contributed by atoms with Crippen molar-refractivity contribution in [1.29, 1.82) is 0 Å². The van der Waals surface area contributed by atoms with Crippen LogP contribution in [0.2, 0.25) is 5.02 Å². The number of fused-ring (bicyclic) bond motifs is 1. The van der Waals surface area contributed by atoms with Gasteiger partial charge in [-0.2, -0.15) is 0 Å². The molecular formula is C21H17ClFN3S. The van der Waals surface area contributed by atoms with Gasteiger partial charge < -0.3 is 5.32 Å². The molecule has 0 bridgehead atoms. The molecular weight excluding hydrogens is 381 g/mol. The maximum atomic E-state index is 13.4. The highest BCUT2D eigenvalue weighted by Gasteiger charge is 2.14. The van der Waals surface area contributed by atoms with Gasteiger partial charge in [0.05, 0.1) is 10.4 Å². The molecule has 0 radical (unpaired) electrons. The minimum atomic E-state index is -0.448. The van der Waals surface area contributed by atoms with Crippen LogP contribution in [0.15, 0.2) is 54.2 Å². The van der Waals surface area contributed by atoms with Gasteiger partial charge in [0, 0.05) is 16.6 Å². The summed E-state index contributed by atoms with van der Waals surface area (Å²) in [6.45, 7) is 4.36. The van der Waals surface area contributed by atoms with E-state index in [2.05, 4.69) is 58.8 Å². The average molecular weight is 398 g/mol. The van der Waals surface area contributed by atoms with Gasteiger partial charge in [-0.25, -0.2) is 14.4 Å². The number of nitrogens with zero attached hydrogens (tertiary/aromatic N) is 2. The monoisotopic (exact) mass is 397 g/mol. The molecule has 2 aromatic carbocycles. The van der Waals surface area contributed by atoms with Gasteiger partial charge in [0.15, 0.2) is 0 Å². The van der Waals surface area contributed by atoms with Crippen molar-refractivity contribution in [3.63, 3.8) is 0 Å². The van der Waals surface area contributed by atoms with E-state index in [4.69, 9.17) is 11.6 Å². The van der Waals surface area contributed by atoms with E-state index < -0.39 is 5.82 Å². The summed E-state index contributed by atoms with van der Waals surface area (Å²) in [4.78, 5) is 9.69. The zero-order chi connectivity index (χ0) is 19.0. The molecule has 4 rings (SSSR count). The normalized spacial score (nSPS) is 11.3. The highest BCUT2D eigenvalue weighted by atomic mass is 35.5. The highest BCUT2D eigenvalue weighted by molar-refractivity contribution is 7.17. The number of halogens is 2. The van der Waals surface area contributed by atoms with Crippen molar-refractivity contribution in [2.45, 2.75) is 19.8 Å². The van der Waals surface area contributed by atoms with Crippen molar-refractivity contribution in [2.75, 3.05) is 5.32 Å². The molecule has 0 aliphatic carbocycles. The maximum absolute atomic E-state index is 13.4. The molecule has 3 nitrogen and oxygen atoms in total. The summed E-state index contributed by atoms with van der Waals surface area (Å²) in [6, 6.07) is 13.1. The predicted molar refractivity (Wildman–Crippen MR) is 112 cm³/mol. The number of anilines is 2. The van der Waals surface area contributed by atoms with Gasteiger partial charge in [-0.1, -0.05) is 49.7 Å². The lowest BCUT2D eigenvalue weighted by molar-refractivity contribution is 0.628. The van der Waals surface area contributed by atoms with Crippen molar-refractivity contribution in [3.8, 4) is 11.1 Å².